The van der Waals surface area contributed by atoms with Crippen LogP contribution in [0.3, 0.4) is 0 Å². The van der Waals surface area contributed by atoms with E-state index < -0.39 is 9.04 Å². The summed E-state index contributed by atoms with van der Waals surface area (Å²) >= 11 is 0. The van der Waals surface area contributed by atoms with Gasteiger partial charge in [-0.1, -0.05) is 44.2 Å². The van der Waals surface area contributed by atoms with Gasteiger partial charge in [0.1, 0.15) is 0 Å². The molecule has 0 aliphatic rings. The van der Waals surface area contributed by atoms with Crippen molar-refractivity contribution >= 4 is 14.2 Å². The van der Waals surface area contributed by atoms with Gasteiger partial charge < -0.3 is 4.43 Å². The van der Waals surface area contributed by atoms with Crippen LogP contribution in [0.4, 0.5) is 0 Å². The Balaban J connectivity index is 2.56. The van der Waals surface area contributed by atoms with E-state index in [2.05, 4.69) is 44.2 Å². The van der Waals surface area contributed by atoms with Crippen LogP contribution in [0.2, 0.25) is 6.04 Å². The van der Waals surface area contributed by atoms with E-state index in [1.165, 1.54) is 11.2 Å². The fourth-order valence-electron chi connectivity index (χ4n) is 1.38. The van der Waals surface area contributed by atoms with Crippen LogP contribution in [-0.4, -0.2) is 15.6 Å². The highest BCUT2D eigenvalue weighted by Gasteiger charge is 2.10. The predicted octanol–water partition coefficient (Wildman–Crippen LogP) is 2.06. The third-order valence-corrected chi connectivity index (χ3v) is 4.57. The van der Waals surface area contributed by atoms with Crippen LogP contribution in [0, 0.1) is 0 Å². The maximum Gasteiger partial charge on any atom is 0.207 e. The van der Waals surface area contributed by atoms with Crippen LogP contribution < -0.4 is 5.19 Å². The van der Waals surface area contributed by atoms with Crippen LogP contribution in [-0.2, 0) is 4.43 Å². The lowest BCUT2D eigenvalue weighted by atomic mass is 10.4. The van der Waals surface area contributed by atoms with Crippen molar-refractivity contribution in [1.82, 2.24) is 0 Å². The van der Waals surface area contributed by atoms with Crippen molar-refractivity contribution in [2.24, 2.45) is 0 Å². The standard InChI is InChI=1S/C11H18OSi/c1-3-10-12-13(4-2)11-8-6-5-7-9-11/h5-9,13H,3-4,10H2,1-2H3. The van der Waals surface area contributed by atoms with Gasteiger partial charge in [-0.05, 0) is 17.7 Å². The molecular weight excluding hydrogens is 176 g/mol. The zero-order valence-electron chi connectivity index (χ0n) is 8.49. The molecule has 0 heterocycles. The van der Waals surface area contributed by atoms with Crippen molar-refractivity contribution in [2.45, 2.75) is 26.3 Å². The molecule has 0 fully saturated rings. The number of hydrogen-bond donors (Lipinski definition) is 0. The summed E-state index contributed by atoms with van der Waals surface area (Å²) < 4.78 is 5.87. The summed E-state index contributed by atoms with van der Waals surface area (Å²) in [5.41, 5.74) is 0. The SMILES string of the molecule is CCCO[SiH](CC)c1ccccc1. The van der Waals surface area contributed by atoms with Gasteiger partial charge in [0.25, 0.3) is 0 Å². The van der Waals surface area contributed by atoms with E-state index >= 15 is 0 Å². The van der Waals surface area contributed by atoms with E-state index in [9.17, 15) is 0 Å². The largest absolute Gasteiger partial charge is 0.415 e. The molecule has 0 saturated heterocycles. The molecule has 72 valence electrons. The molecule has 1 unspecified atom stereocenters. The smallest absolute Gasteiger partial charge is 0.207 e. The fourth-order valence-corrected chi connectivity index (χ4v) is 3.45. The molecule has 1 rings (SSSR count). The molecule has 0 bridgehead atoms. The molecule has 0 N–H and O–H groups in total. The Morgan fingerprint density at radius 2 is 1.85 bits per heavy atom. The molecular formula is C11H18OSi. The molecule has 0 radical (unpaired) electrons. The Morgan fingerprint density at radius 3 is 2.38 bits per heavy atom. The average Bonchev–Trinajstić information content (AvgIpc) is 2.21. The Hall–Kier alpha value is -0.603. The molecule has 1 aromatic rings. The van der Waals surface area contributed by atoms with Crippen molar-refractivity contribution in [1.29, 1.82) is 0 Å². The van der Waals surface area contributed by atoms with Crippen molar-refractivity contribution in [3.63, 3.8) is 0 Å². The fraction of sp³-hybridized carbons (Fsp3) is 0.455. The molecule has 1 atom stereocenters. The Morgan fingerprint density at radius 1 is 1.15 bits per heavy atom. The van der Waals surface area contributed by atoms with Crippen molar-refractivity contribution in [2.75, 3.05) is 6.61 Å². The van der Waals surface area contributed by atoms with E-state index in [4.69, 9.17) is 4.43 Å². The summed E-state index contributed by atoms with van der Waals surface area (Å²) in [6.45, 7) is 5.30. The van der Waals surface area contributed by atoms with Crippen LogP contribution in [0.1, 0.15) is 20.3 Å². The third-order valence-electron chi connectivity index (χ3n) is 2.07. The molecule has 13 heavy (non-hydrogen) atoms. The van der Waals surface area contributed by atoms with E-state index in [0.29, 0.717) is 0 Å². The lowest BCUT2D eigenvalue weighted by Gasteiger charge is -2.13. The van der Waals surface area contributed by atoms with Crippen molar-refractivity contribution < 1.29 is 4.43 Å². The van der Waals surface area contributed by atoms with Crippen molar-refractivity contribution in [3.05, 3.63) is 30.3 Å². The second kappa shape index (κ2) is 5.94. The first-order valence-corrected chi connectivity index (χ1v) is 6.91. The summed E-state index contributed by atoms with van der Waals surface area (Å²) in [4.78, 5) is 0. The quantitative estimate of drug-likeness (QED) is 0.652. The Bertz CT molecular complexity index is 223. The van der Waals surface area contributed by atoms with Crippen LogP contribution in [0.15, 0.2) is 30.3 Å². The topological polar surface area (TPSA) is 9.23 Å². The molecule has 0 amide bonds. The third kappa shape index (κ3) is 3.33. The zero-order valence-corrected chi connectivity index (χ0v) is 9.65. The minimum atomic E-state index is -1.09. The minimum Gasteiger partial charge on any atom is -0.415 e. The monoisotopic (exact) mass is 194 g/mol. The molecule has 0 saturated carbocycles. The van der Waals surface area contributed by atoms with E-state index in [1.807, 2.05) is 0 Å². The van der Waals surface area contributed by atoms with E-state index in [0.717, 1.165) is 13.0 Å². The second-order valence-electron chi connectivity index (χ2n) is 3.18. The van der Waals surface area contributed by atoms with Gasteiger partial charge in [-0.2, -0.15) is 0 Å². The summed E-state index contributed by atoms with van der Waals surface area (Å²) in [7, 11) is -1.09. The summed E-state index contributed by atoms with van der Waals surface area (Å²) in [6, 6.07) is 11.8. The molecule has 0 aliphatic heterocycles. The zero-order chi connectivity index (χ0) is 9.52. The Labute approximate surface area is 82.5 Å². The second-order valence-corrected chi connectivity index (χ2v) is 5.97. The first kappa shape index (κ1) is 10.5. The normalized spacial score (nSPS) is 12.8. The lowest BCUT2D eigenvalue weighted by Crippen LogP contribution is -2.32. The lowest BCUT2D eigenvalue weighted by molar-refractivity contribution is 0.326. The maximum absolute atomic E-state index is 5.87. The van der Waals surface area contributed by atoms with Gasteiger partial charge in [0, 0.05) is 6.61 Å². The predicted molar refractivity (Wildman–Crippen MR) is 59.9 cm³/mol. The van der Waals surface area contributed by atoms with Gasteiger partial charge in [0.2, 0.25) is 9.04 Å². The van der Waals surface area contributed by atoms with Crippen LogP contribution >= 0.6 is 0 Å². The van der Waals surface area contributed by atoms with Gasteiger partial charge in [0.15, 0.2) is 0 Å². The van der Waals surface area contributed by atoms with Gasteiger partial charge in [-0.3, -0.25) is 0 Å². The summed E-state index contributed by atoms with van der Waals surface area (Å²) in [6.07, 6.45) is 1.12. The molecule has 1 nitrogen and oxygen atoms in total. The first-order chi connectivity index (χ1) is 6.38. The molecule has 0 aromatic heterocycles. The van der Waals surface area contributed by atoms with Crippen molar-refractivity contribution in [3.8, 4) is 0 Å². The molecule has 0 spiro atoms. The van der Waals surface area contributed by atoms with Gasteiger partial charge >= 0.3 is 0 Å². The number of hydrogen-bond acceptors (Lipinski definition) is 1. The summed E-state index contributed by atoms with van der Waals surface area (Å²) in [5, 5.41) is 1.43. The highest BCUT2D eigenvalue weighted by molar-refractivity contribution is 6.67. The van der Waals surface area contributed by atoms with E-state index in [-0.39, 0.29) is 0 Å². The first-order valence-electron chi connectivity index (χ1n) is 5.05. The van der Waals surface area contributed by atoms with E-state index in [1.54, 1.807) is 0 Å². The van der Waals surface area contributed by atoms with Gasteiger partial charge in [0.05, 0.1) is 0 Å². The number of benzene rings is 1. The molecule has 1 aromatic carbocycles. The number of rotatable bonds is 5. The summed E-state index contributed by atoms with van der Waals surface area (Å²) in [5.74, 6) is 0. The average molecular weight is 194 g/mol. The highest BCUT2D eigenvalue weighted by Crippen LogP contribution is 1.97. The van der Waals surface area contributed by atoms with Crippen LogP contribution in [0.25, 0.3) is 0 Å². The molecule has 0 aliphatic carbocycles. The van der Waals surface area contributed by atoms with Crippen LogP contribution in [0.5, 0.6) is 0 Å². The van der Waals surface area contributed by atoms with Gasteiger partial charge in [-0.15, -0.1) is 0 Å². The minimum absolute atomic E-state index is 0.916. The van der Waals surface area contributed by atoms with Gasteiger partial charge in [-0.25, -0.2) is 0 Å². The maximum atomic E-state index is 5.87. The highest BCUT2D eigenvalue weighted by atomic mass is 28.3. The molecule has 2 heteroatoms. The Kier molecular flexibility index (Phi) is 4.79.